The van der Waals surface area contributed by atoms with Gasteiger partial charge in [0.15, 0.2) is 0 Å². The number of likely N-dealkylation sites (tertiary alicyclic amines) is 1. The minimum absolute atomic E-state index is 0.0232. The maximum absolute atomic E-state index is 13.5. The lowest BCUT2D eigenvalue weighted by Crippen LogP contribution is -2.53. The van der Waals surface area contributed by atoms with Crippen LogP contribution < -0.4 is 10.6 Å². The van der Waals surface area contributed by atoms with Gasteiger partial charge in [0.05, 0.1) is 5.41 Å². The van der Waals surface area contributed by atoms with Gasteiger partial charge in [0.2, 0.25) is 5.91 Å². The number of nitrogens with zero attached hydrogens (tertiary/aromatic N) is 1. The lowest BCUT2D eigenvalue weighted by Gasteiger charge is -2.43. The standard InChI is InChI=1S/C22H31N3O2/c26-20(18-8-2-1-3-9-18)24-13-17-7-6-12-25(15-17)21(27)22-11-5-4-10-19(22)14-23-16-22/h1-3,8-9,17,19,23H,4-7,10-16H2,(H,24,26)/t17?,19-,22+/m0/s1. The van der Waals surface area contributed by atoms with Gasteiger partial charge in [-0.25, -0.2) is 0 Å². The highest BCUT2D eigenvalue weighted by Crippen LogP contribution is 2.45. The van der Waals surface area contributed by atoms with Crippen LogP contribution in [0.3, 0.4) is 0 Å². The second kappa shape index (κ2) is 8.01. The molecule has 2 heterocycles. The molecule has 0 spiro atoms. The Morgan fingerprint density at radius 2 is 2.00 bits per heavy atom. The van der Waals surface area contributed by atoms with E-state index in [1.165, 1.54) is 19.3 Å². The Morgan fingerprint density at radius 1 is 1.15 bits per heavy atom. The van der Waals surface area contributed by atoms with E-state index in [1.807, 2.05) is 30.3 Å². The predicted octanol–water partition coefficient (Wildman–Crippen LogP) is 2.43. The van der Waals surface area contributed by atoms with Gasteiger partial charge in [0.1, 0.15) is 0 Å². The van der Waals surface area contributed by atoms with Crippen LogP contribution in [0.15, 0.2) is 30.3 Å². The smallest absolute Gasteiger partial charge is 0.251 e. The highest BCUT2D eigenvalue weighted by atomic mass is 16.2. The molecule has 1 aromatic rings. The number of benzene rings is 1. The van der Waals surface area contributed by atoms with E-state index in [2.05, 4.69) is 15.5 Å². The van der Waals surface area contributed by atoms with Crippen molar-refractivity contribution in [3.63, 3.8) is 0 Å². The molecule has 146 valence electrons. The first-order valence-electron chi connectivity index (χ1n) is 10.5. The first kappa shape index (κ1) is 18.5. The number of carbonyl (C=O) groups is 2. The molecule has 4 rings (SSSR count). The van der Waals surface area contributed by atoms with Crippen LogP contribution in [0.2, 0.25) is 0 Å². The second-order valence-corrected chi connectivity index (χ2v) is 8.57. The van der Waals surface area contributed by atoms with Crippen molar-refractivity contribution < 1.29 is 9.59 Å². The van der Waals surface area contributed by atoms with Gasteiger partial charge < -0.3 is 15.5 Å². The Balaban J connectivity index is 1.35. The fourth-order valence-corrected chi connectivity index (χ4v) is 5.33. The largest absolute Gasteiger partial charge is 0.352 e. The van der Waals surface area contributed by atoms with Crippen molar-refractivity contribution in [3.05, 3.63) is 35.9 Å². The summed E-state index contributed by atoms with van der Waals surface area (Å²) in [4.78, 5) is 27.9. The van der Waals surface area contributed by atoms with Crippen LogP contribution in [0.25, 0.3) is 0 Å². The van der Waals surface area contributed by atoms with Crippen LogP contribution in [0.5, 0.6) is 0 Å². The lowest BCUT2D eigenvalue weighted by molar-refractivity contribution is -0.147. The van der Waals surface area contributed by atoms with Gasteiger partial charge >= 0.3 is 0 Å². The molecule has 2 saturated heterocycles. The normalized spacial score (nSPS) is 30.6. The molecule has 0 aromatic heterocycles. The molecule has 3 atom stereocenters. The zero-order valence-corrected chi connectivity index (χ0v) is 16.1. The van der Waals surface area contributed by atoms with Crippen molar-refractivity contribution in [1.29, 1.82) is 0 Å². The summed E-state index contributed by atoms with van der Waals surface area (Å²) in [6.45, 7) is 4.14. The Kier molecular flexibility index (Phi) is 5.48. The first-order valence-corrected chi connectivity index (χ1v) is 10.5. The number of hydrogen-bond acceptors (Lipinski definition) is 3. The molecule has 1 aromatic carbocycles. The molecular weight excluding hydrogens is 338 g/mol. The van der Waals surface area contributed by atoms with E-state index in [9.17, 15) is 9.59 Å². The highest BCUT2D eigenvalue weighted by molar-refractivity contribution is 5.94. The predicted molar refractivity (Wildman–Crippen MR) is 105 cm³/mol. The molecule has 27 heavy (non-hydrogen) atoms. The zero-order chi connectivity index (χ0) is 18.7. The van der Waals surface area contributed by atoms with E-state index in [0.717, 1.165) is 45.4 Å². The molecular formula is C22H31N3O2. The summed E-state index contributed by atoms with van der Waals surface area (Å²) < 4.78 is 0. The van der Waals surface area contributed by atoms with Crippen LogP contribution in [0.4, 0.5) is 0 Å². The summed E-state index contributed by atoms with van der Waals surface area (Å²) in [5.41, 5.74) is 0.537. The van der Waals surface area contributed by atoms with Crippen molar-refractivity contribution in [1.82, 2.24) is 15.5 Å². The van der Waals surface area contributed by atoms with Crippen LogP contribution in [0, 0.1) is 17.3 Å². The third-order valence-electron chi connectivity index (χ3n) is 6.86. The summed E-state index contributed by atoms with van der Waals surface area (Å²) in [6, 6.07) is 9.34. The molecule has 1 unspecified atom stereocenters. The number of piperidine rings is 1. The van der Waals surface area contributed by atoms with E-state index < -0.39 is 0 Å². The molecule has 0 radical (unpaired) electrons. The summed E-state index contributed by atoms with van der Waals surface area (Å²) in [7, 11) is 0. The third kappa shape index (κ3) is 3.75. The second-order valence-electron chi connectivity index (χ2n) is 8.57. The summed E-state index contributed by atoms with van der Waals surface area (Å²) in [5, 5.41) is 6.55. The van der Waals surface area contributed by atoms with E-state index in [1.54, 1.807) is 0 Å². The van der Waals surface area contributed by atoms with Crippen LogP contribution >= 0.6 is 0 Å². The Bertz CT molecular complexity index is 677. The van der Waals surface area contributed by atoms with Crippen molar-refractivity contribution >= 4 is 11.8 Å². The van der Waals surface area contributed by atoms with Crippen molar-refractivity contribution in [2.75, 3.05) is 32.7 Å². The van der Waals surface area contributed by atoms with E-state index >= 15 is 0 Å². The average Bonchev–Trinajstić information content (AvgIpc) is 3.17. The van der Waals surface area contributed by atoms with Crippen molar-refractivity contribution in [2.45, 2.75) is 38.5 Å². The summed E-state index contributed by atoms with van der Waals surface area (Å²) in [5.74, 6) is 1.21. The van der Waals surface area contributed by atoms with Gasteiger partial charge in [0.25, 0.3) is 5.91 Å². The Labute approximate surface area is 161 Å². The lowest BCUT2D eigenvalue weighted by atomic mass is 9.67. The number of rotatable bonds is 4. The van der Waals surface area contributed by atoms with Gasteiger partial charge in [0, 0.05) is 31.7 Å². The monoisotopic (exact) mass is 369 g/mol. The number of carbonyl (C=O) groups excluding carboxylic acids is 2. The van der Waals surface area contributed by atoms with Gasteiger partial charge in [-0.2, -0.15) is 0 Å². The van der Waals surface area contributed by atoms with Gasteiger partial charge in [-0.3, -0.25) is 9.59 Å². The zero-order valence-electron chi connectivity index (χ0n) is 16.1. The minimum atomic E-state index is -0.159. The van der Waals surface area contributed by atoms with E-state index in [-0.39, 0.29) is 11.3 Å². The fraction of sp³-hybridized carbons (Fsp3) is 0.636. The van der Waals surface area contributed by atoms with Gasteiger partial charge in [-0.1, -0.05) is 31.0 Å². The number of amides is 2. The molecule has 0 bridgehead atoms. The van der Waals surface area contributed by atoms with E-state index in [0.29, 0.717) is 29.9 Å². The van der Waals surface area contributed by atoms with Crippen LogP contribution in [0.1, 0.15) is 48.9 Å². The quantitative estimate of drug-likeness (QED) is 0.857. The average molecular weight is 370 g/mol. The molecule has 3 fully saturated rings. The van der Waals surface area contributed by atoms with Crippen LogP contribution in [-0.2, 0) is 4.79 Å². The molecule has 5 heteroatoms. The van der Waals surface area contributed by atoms with Gasteiger partial charge in [-0.15, -0.1) is 0 Å². The minimum Gasteiger partial charge on any atom is -0.352 e. The maximum atomic E-state index is 13.5. The molecule has 2 aliphatic heterocycles. The molecule has 2 amide bonds. The Morgan fingerprint density at radius 3 is 2.85 bits per heavy atom. The topological polar surface area (TPSA) is 61.4 Å². The molecule has 2 N–H and O–H groups in total. The summed E-state index contributed by atoms with van der Waals surface area (Å²) in [6.07, 6.45) is 6.77. The molecule has 3 aliphatic rings. The van der Waals surface area contributed by atoms with Crippen molar-refractivity contribution in [2.24, 2.45) is 17.3 Å². The summed E-state index contributed by atoms with van der Waals surface area (Å²) >= 11 is 0. The van der Waals surface area contributed by atoms with Crippen LogP contribution in [-0.4, -0.2) is 49.4 Å². The first-order chi connectivity index (χ1) is 13.2. The SMILES string of the molecule is O=C(NCC1CCCN(C(=O)[C@@]23CCCC[C@H]2CNC3)C1)c1ccccc1. The number of fused-ring (bicyclic) bond motifs is 1. The highest BCUT2D eigenvalue weighted by Gasteiger charge is 2.51. The molecule has 5 nitrogen and oxygen atoms in total. The van der Waals surface area contributed by atoms with Crippen molar-refractivity contribution in [3.8, 4) is 0 Å². The number of nitrogens with one attached hydrogen (secondary N) is 2. The fourth-order valence-electron chi connectivity index (χ4n) is 5.33. The Hall–Kier alpha value is -1.88. The maximum Gasteiger partial charge on any atom is 0.251 e. The molecule has 1 aliphatic carbocycles. The third-order valence-corrected chi connectivity index (χ3v) is 6.86. The van der Waals surface area contributed by atoms with E-state index in [4.69, 9.17) is 0 Å². The molecule has 1 saturated carbocycles. The number of hydrogen-bond donors (Lipinski definition) is 2. The van der Waals surface area contributed by atoms with Gasteiger partial charge in [-0.05, 0) is 56.2 Å².